The van der Waals surface area contributed by atoms with Crippen molar-refractivity contribution in [1.29, 1.82) is 0 Å². The number of nitrogens with two attached hydrogens (primary N) is 1. The SMILES string of the molecule is CC1C(=O)N(c2cc(Cc3n[nH]c(=O)c4ccccc34)ccc2F)C(=O)N1CC(=O)O.CC1C(=O)N(c2cc(Cc3n[nH]c(=O)c4ccccc34)ccc2F)C(=O)N1CC(N)=O.COC(=O)CN1C(=O)N(c2cc(Cc3n[nH]c(=O)c4ccccc34)ccc2F)C(=O)C1C. The zero-order valence-corrected chi connectivity index (χ0v) is 50.1. The number of carboxylic acid groups (broad SMARTS) is 1. The lowest BCUT2D eigenvalue weighted by Gasteiger charge is -2.18. The van der Waals surface area contributed by atoms with E-state index in [1.807, 2.05) is 0 Å². The number of primary amides is 1. The van der Waals surface area contributed by atoms with Crippen LogP contribution < -0.4 is 37.1 Å². The van der Waals surface area contributed by atoms with Crippen LogP contribution in [0.2, 0.25) is 0 Å². The highest BCUT2D eigenvalue weighted by Gasteiger charge is 2.48. The average Bonchev–Trinajstić information content (AvgIpc) is 1.57. The maximum atomic E-state index is 14.7. The molecule has 10 amide bonds. The quantitative estimate of drug-likeness (QED) is 0.0652. The number of benzene rings is 6. The summed E-state index contributed by atoms with van der Waals surface area (Å²) in [6.07, 6.45) is 0.652. The van der Waals surface area contributed by atoms with E-state index in [-0.39, 0.29) is 53.0 Å². The molecule has 3 aliphatic heterocycles. The van der Waals surface area contributed by atoms with Gasteiger partial charge in [0.1, 0.15) is 55.2 Å². The van der Waals surface area contributed by atoms with Crippen LogP contribution in [0, 0.1) is 17.5 Å². The Morgan fingerprint density at radius 1 is 0.457 bits per heavy atom. The number of halogens is 3. The van der Waals surface area contributed by atoms with E-state index in [1.165, 1.54) is 64.3 Å². The van der Waals surface area contributed by atoms with Gasteiger partial charge in [0.25, 0.3) is 34.4 Å². The number of hydrogen-bond donors (Lipinski definition) is 5. The summed E-state index contributed by atoms with van der Waals surface area (Å²) in [7, 11) is 1.17. The Hall–Kier alpha value is -12.2. The van der Waals surface area contributed by atoms with E-state index in [0.717, 1.165) is 37.8 Å². The number of H-pyrrole nitrogens is 3. The van der Waals surface area contributed by atoms with Crippen molar-refractivity contribution in [1.82, 2.24) is 45.3 Å². The number of amides is 10. The number of nitrogens with one attached hydrogen (secondary N) is 3. The summed E-state index contributed by atoms with van der Waals surface area (Å²) in [6, 6.07) is 27.4. The number of nitrogens with zero attached hydrogens (tertiary/aromatic N) is 9. The van der Waals surface area contributed by atoms with E-state index in [2.05, 4.69) is 35.3 Å². The van der Waals surface area contributed by atoms with Crippen molar-refractivity contribution in [2.45, 2.75) is 58.2 Å². The summed E-state index contributed by atoms with van der Waals surface area (Å²) < 4.78 is 48.4. The van der Waals surface area contributed by atoms with Gasteiger partial charge in [0.05, 0.1) is 57.4 Å². The number of esters is 1. The summed E-state index contributed by atoms with van der Waals surface area (Å²) in [4.78, 5) is 151. The second kappa shape index (κ2) is 26.7. The fourth-order valence-electron chi connectivity index (χ4n) is 10.9. The lowest BCUT2D eigenvalue weighted by Crippen LogP contribution is -2.40. The first-order valence-electron chi connectivity index (χ1n) is 28.6. The van der Waals surface area contributed by atoms with Gasteiger partial charge in [0.2, 0.25) is 5.91 Å². The predicted molar refractivity (Wildman–Crippen MR) is 331 cm³/mol. The standard InChI is InChI=1S/C22H19FN4O5.C21H18FN5O4.C21H17FN4O5/c1-12-21(30)27(22(31)26(12)11-19(28)32-2)18-10-13(7-8-16(18)23)9-17-14-5-3-4-6-15(14)20(29)25-24-17;1-11-20(30)27(21(31)26(11)10-18(23)28)17-9-12(6-7-15(17)22)8-16-13-4-2-3-5-14(13)19(29)25-24-16;1-11-20(30)26(21(31)25(11)10-18(27)28)17-9-12(6-7-15(17)22)8-16-13-4-2-3-5-14(13)19(29)24-23-16/h3-8,10,12H,9,11H2,1-2H3,(H,25,29);2-7,9,11H,8,10H2,1H3,(H2,23,28)(H,25,29);2-7,9,11H,8,10H2,1H3,(H,24,29)(H,27,28). The number of hydrogen-bond acceptors (Lipinski definition) is 16. The van der Waals surface area contributed by atoms with Crippen LogP contribution in [-0.2, 0) is 52.8 Å². The molecule has 0 radical (unpaired) electrons. The number of anilines is 3. The first kappa shape index (κ1) is 64.7. The second-order valence-electron chi connectivity index (χ2n) is 21.7. The highest BCUT2D eigenvalue weighted by molar-refractivity contribution is 6.23. The number of urea groups is 3. The Bertz CT molecular complexity index is 4630. The number of imide groups is 3. The van der Waals surface area contributed by atoms with Crippen LogP contribution in [0.1, 0.15) is 54.5 Å². The Labute approximate surface area is 527 Å². The van der Waals surface area contributed by atoms with Gasteiger partial charge >= 0.3 is 30.0 Å². The largest absolute Gasteiger partial charge is 0.480 e. The minimum absolute atomic E-state index is 0.204. The van der Waals surface area contributed by atoms with Gasteiger partial charge in [0.15, 0.2) is 0 Å². The molecule has 3 unspecified atom stereocenters. The van der Waals surface area contributed by atoms with E-state index in [4.69, 9.17) is 10.8 Å². The third-order valence-electron chi connectivity index (χ3n) is 15.8. The number of carbonyl (C=O) groups is 9. The molecule has 3 aromatic heterocycles. The van der Waals surface area contributed by atoms with E-state index >= 15 is 0 Å². The van der Waals surface area contributed by atoms with Gasteiger partial charge in [-0.3, -0.25) is 43.2 Å². The monoisotopic (exact) mass is 1290 g/mol. The molecule has 3 atom stereocenters. The first-order valence-corrected chi connectivity index (χ1v) is 28.6. The lowest BCUT2D eigenvalue weighted by molar-refractivity contribution is -0.141. The second-order valence-corrected chi connectivity index (χ2v) is 21.7. The molecule has 94 heavy (non-hydrogen) atoms. The van der Waals surface area contributed by atoms with Crippen LogP contribution in [0.5, 0.6) is 0 Å². The number of methoxy groups -OCH3 is 1. The summed E-state index contributed by atoms with van der Waals surface area (Å²) in [5, 5.41) is 31.9. The summed E-state index contributed by atoms with van der Waals surface area (Å²) in [5.41, 5.74) is 6.81. The smallest absolute Gasteiger partial charge is 0.332 e. The molecule has 3 aliphatic rings. The molecule has 3 fully saturated rings. The van der Waals surface area contributed by atoms with Crippen LogP contribution in [0.15, 0.2) is 142 Å². The number of rotatable bonds is 15. The van der Waals surface area contributed by atoms with Crippen LogP contribution >= 0.6 is 0 Å². The van der Waals surface area contributed by atoms with Crippen molar-refractivity contribution in [2.24, 2.45) is 5.73 Å². The minimum atomic E-state index is -1.28. The Morgan fingerprint density at radius 2 is 0.745 bits per heavy atom. The fourth-order valence-corrected chi connectivity index (χ4v) is 10.9. The van der Waals surface area contributed by atoms with Crippen molar-refractivity contribution >= 4 is 103 Å². The normalized spacial score (nSPS) is 16.3. The lowest BCUT2D eigenvalue weighted by atomic mass is 10.0. The van der Waals surface area contributed by atoms with Gasteiger partial charge in [0, 0.05) is 35.4 Å². The maximum Gasteiger partial charge on any atom is 0.332 e. The van der Waals surface area contributed by atoms with Gasteiger partial charge in [-0.05, 0) is 92.1 Å². The molecule has 6 N–H and O–H groups in total. The van der Waals surface area contributed by atoms with Gasteiger partial charge in [-0.1, -0.05) is 72.8 Å². The van der Waals surface area contributed by atoms with Crippen molar-refractivity contribution in [3.63, 3.8) is 0 Å². The van der Waals surface area contributed by atoms with Crippen molar-refractivity contribution in [3.8, 4) is 0 Å². The molecule has 6 aromatic carbocycles. The number of aromatic amines is 3. The molecule has 0 aliphatic carbocycles. The molecule has 9 aromatic rings. The van der Waals surface area contributed by atoms with Crippen molar-refractivity contribution < 1.29 is 66.2 Å². The zero-order valence-electron chi connectivity index (χ0n) is 50.1. The molecule has 30 heteroatoms. The number of ether oxygens (including phenoxy) is 1. The van der Waals surface area contributed by atoms with E-state index in [1.54, 1.807) is 72.8 Å². The van der Waals surface area contributed by atoms with Gasteiger partial charge in [-0.15, -0.1) is 0 Å². The third kappa shape index (κ3) is 12.8. The number of carboxylic acids is 1. The third-order valence-corrected chi connectivity index (χ3v) is 15.8. The van der Waals surface area contributed by atoms with Crippen LogP contribution in [0.3, 0.4) is 0 Å². The highest BCUT2D eigenvalue weighted by Crippen LogP contribution is 2.33. The van der Waals surface area contributed by atoms with Crippen molar-refractivity contribution in [2.75, 3.05) is 41.4 Å². The summed E-state index contributed by atoms with van der Waals surface area (Å²) in [5.74, 6) is -7.09. The Kier molecular flexibility index (Phi) is 18.4. The molecular weight excluding hydrogens is 1230 g/mol. The number of fused-ring (bicyclic) bond motifs is 3. The van der Waals surface area contributed by atoms with Gasteiger partial charge in [-0.2, -0.15) is 15.3 Å². The molecule has 0 spiro atoms. The van der Waals surface area contributed by atoms with Crippen LogP contribution in [-0.4, -0.2) is 149 Å². The molecular formula is C64H54F3N13O14. The summed E-state index contributed by atoms with van der Waals surface area (Å²) in [6.45, 7) is 2.75. The number of aromatic nitrogens is 6. The molecule has 0 bridgehead atoms. The maximum absolute atomic E-state index is 14.7. The predicted octanol–water partition coefficient (Wildman–Crippen LogP) is 5.17. The van der Waals surface area contributed by atoms with E-state index in [0.29, 0.717) is 75.9 Å². The molecule has 27 nitrogen and oxygen atoms in total. The Morgan fingerprint density at radius 3 is 1.03 bits per heavy atom. The molecule has 3 saturated heterocycles. The molecule has 480 valence electrons. The average molecular weight is 1290 g/mol. The molecule has 6 heterocycles. The summed E-state index contributed by atoms with van der Waals surface area (Å²) >= 11 is 0. The van der Waals surface area contributed by atoms with Crippen LogP contribution in [0.4, 0.5) is 44.6 Å². The molecule has 12 rings (SSSR count). The number of aliphatic carboxylic acids is 1. The van der Waals surface area contributed by atoms with Gasteiger partial charge < -0.3 is 30.3 Å². The minimum Gasteiger partial charge on any atom is -0.480 e. The molecule has 0 saturated carbocycles. The Balaban J connectivity index is 0.000000154. The highest BCUT2D eigenvalue weighted by atomic mass is 19.1. The van der Waals surface area contributed by atoms with Crippen molar-refractivity contribution in [3.05, 3.63) is 210 Å². The van der Waals surface area contributed by atoms with Gasteiger partial charge in [-0.25, -0.2) is 57.6 Å². The van der Waals surface area contributed by atoms with E-state index in [9.17, 15) is 70.7 Å². The first-order chi connectivity index (χ1) is 44.9. The topological polar surface area (TPSA) is 366 Å². The fraction of sp³-hybridized carbons (Fsp3) is 0.203. The zero-order chi connectivity index (χ0) is 67.6. The number of carbonyl (C=O) groups excluding carboxylic acids is 8. The van der Waals surface area contributed by atoms with E-state index < -0.39 is 109 Å². The van der Waals surface area contributed by atoms with Crippen LogP contribution in [0.25, 0.3) is 32.3 Å².